The summed E-state index contributed by atoms with van der Waals surface area (Å²) in [6, 6.07) is 3.65. The molecule has 14 heavy (non-hydrogen) atoms. The van der Waals surface area contributed by atoms with Gasteiger partial charge < -0.3 is 5.11 Å². The molecular weight excluding hydrogens is 182 g/mol. The van der Waals surface area contributed by atoms with Crippen molar-refractivity contribution >= 4 is 11.6 Å². The fraction of sp³-hybridized carbons (Fsp3) is 0.222. The van der Waals surface area contributed by atoms with Crippen molar-refractivity contribution < 1.29 is 9.90 Å². The van der Waals surface area contributed by atoms with Gasteiger partial charge in [-0.15, -0.1) is 0 Å². The number of aliphatic carboxylic acids is 1. The summed E-state index contributed by atoms with van der Waals surface area (Å²) in [5.41, 5.74) is 2.10. The molecule has 0 amide bonds. The number of fused-ring (bicyclic) bond motifs is 1. The van der Waals surface area contributed by atoms with Crippen LogP contribution in [0.5, 0.6) is 0 Å². The van der Waals surface area contributed by atoms with Crippen LogP contribution in [-0.2, 0) is 11.2 Å². The highest BCUT2D eigenvalue weighted by Crippen LogP contribution is 2.06. The predicted molar refractivity (Wildman–Crippen MR) is 49.1 cm³/mol. The fourth-order valence-corrected chi connectivity index (χ4v) is 1.29. The first kappa shape index (κ1) is 8.68. The Labute approximate surface area is 80.0 Å². The molecule has 0 unspecified atom stereocenters. The first-order valence-corrected chi connectivity index (χ1v) is 4.19. The molecule has 0 aliphatic heterocycles. The van der Waals surface area contributed by atoms with E-state index < -0.39 is 5.97 Å². The monoisotopic (exact) mass is 191 g/mol. The maximum atomic E-state index is 10.5. The van der Waals surface area contributed by atoms with Crippen LogP contribution in [0.3, 0.4) is 0 Å². The number of carboxylic acids is 1. The largest absolute Gasteiger partial charge is 0.481 e. The summed E-state index contributed by atoms with van der Waals surface area (Å²) in [6.45, 7) is 1.85. The third kappa shape index (κ3) is 1.44. The highest BCUT2D eigenvalue weighted by molar-refractivity contribution is 5.69. The molecule has 2 heterocycles. The molecule has 2 aromatic rings. The molecule has 0 aliphatic carbocycles. The third-order valence-electron chi connectivity index (χ3n) is 1.90. The molecule has 0 radical (unpaired) electrons. The van der Waals surface area contributed by atoms with Crippen LogP contribution in [-0.4, -0.2) is 25.7 Å². The smallest absolute Gasteiger partial charge is 0.309 e. The van der Waals surface area contributed by atoms with Crippen molar-refractivity contribution in [1.29, 1.82) is 0 Å². The van der Waals surface area contributed by atoms with Gasteiger partial charge in [0.2, 0.25) is 0 Å². The lowest BCUT2D eigenvalue weighted by molar-refractivity contribution is -0.136. The zero-order valence-electron chi connectivity index (χ0n) is 7.64. The summed E-state index contributed by atoms with van der Waals surface area (Å²) in [7, 11) is 0. The summed E-state index contributed by atoms with van der Waals surface area (Å²) < 4.78 is 1.56. The maximum Gasteiger partial charge on any atom is 0.309 e. The molecule has 2 rings (SSSR count). The summed E-state index contributed by atoms with van der Waals surface area (Å²) >= 11 is 0. The Morgan fingerprint density at radius 1 is 1.57 bits per heavy atom. The number of aromatic nitrogens is 3. The normalized spacial score (nSPS) is 10.6. The Morgan fingerprint density at radius 3 is 3.07 bits per heavy atom. The number of imidazole rings is 1. The van der Waals surface area contributed by atoms with Crippen molar-refractivity contribution in [2.45, 2.75) is 13.3 Å². The molecule has 0 fully saturated rings. The molecule has 0 aliphatic rings. The van der Waals surface area contributed by atoms with Gasteiger partial charge in [-0.2, -0.15) is 5.10 Å². The van der Waals surface area contributed by atoms with E-state index in [1.165, 1.54) is 6.20 Å². The third-order valence-corrected chi connectivity index (χ3v) is 1.90. The first-order valence-electron chi connectivity index (χ1n) is 4.19. The standard InChI is InChI=1S/C9H9N3O2/c1-6-2-3-8-10-5-7(4-9(13)14)12(8)11-6/h2-3,5H,4H2,1H3,(H,13,14). The number of aryl methyl sites for hydroxylation is 1. The summed E-state index contributed by atoms with van der Waals surface area (Å²) in [6.07, 6.45) is 1.48. The van der Waals surface area contributed by atoms with E-state index in [2.05, 4.69) is 10.1 Å². The topological polar surface area (TPSA) is 67.5 Å². The molecule has 0 spiro atoms. The first-order chi connectivity index (χ1) is 6.66. The van der Waals surface area contributed by atoms with Crippen molar-refractivity contribution in [1.82, 2.24) is 14.6 Å². The van der Waals surface area contributed by atoms with E-state index in [4.69, 9.17) is 5.11 Å². The molecule has 0 bridgehead atoms. The Balaban J connectivity index is 2.55. The minimum Gasteiger partial charge on any atom is -0.481 e. The lowest BCUT2D eigenvalue weighted by Gasteiger charge is -1.98. The highest BCUT2D eigenvalue weighted by atomic mass is 16.4. The van der Waals surface area contributed by atoms with Crippen LogP contribution < -0.4 is 0 Å². The Hall–Kier alpha value is -1.91. The molecule has 0 atom stereocenters. The summed E-state index contributed by atoms with van der Waals surface area (Å²) in [4.78, 5) is 14.6. The second-order valence-electron chi connectivity index (χ2n) is 3.06. The van der Waals surface area contributed by atoms with E-state index in [-0.39, 0.29) is 6.42 Å². The molecule has 0 saturated heterocycles. The van der Waals surface area contributed by atoms with E-state index in [0.29, 0.717) is 11.3 Å². The van der Waals surface area contributed by atoms with Gasteiger partial charge in [-0.1, -0.05) is 0 Å². The fourth-order valence-electron chi connectivity index (χ4n) is 1.29. The van der Waals surface area contributed by atoms with Crippen LogP contribution in [0.2, 0.25) is 0 Å². The maximum absolute atomic E-state index is 10.5. The Bertz CT molecular complexity index is 490. The van der Waals surface area contributed by atoms with E-state index in [1.807, 2.05) is 19.1 Å². The van der Waals surface area contributed by atoms with Crippen LogP contribution in [0.1, 0.15) is 11.4 Å². The van der Waals surface area contributed by atoms with Crippen molar-refractivity contribution in [2.24, 2.45) is 0 Å². The number of carbonyl (C=O) groups is 1. The molecule has 0 saturated carbocycles. The van der Waals surface area contributed by atoms with Gasteiger partial charge in [0.25, 0.3) is 0 Å². The number of rotatable bonds is 2. The molecular formula is C9H9N3O2. The second-order valence-corrected chi connectivity index (χ2v) is 3.06. The van der Waals surface area contributed by atoms with Crippen LogP contribution in [0.15, 0.2) is 18.3 Å². The van der Waals surface area contributed by atoms with Gasteiger partial charge >= 0.3 is 5.97 Å². The van der Waals surface area contributed by atoms with E-state index >= 15 is 0 Å². The van der Waals surface area contributed by atoms with Crippen LogP contribution >= 0.6 is 0 Å². The van der Waals surface area contributed by atoms with Gasteiger partial charge in [0.05, 0.1) is 24.0 Å². The average molecular weight is 191 g/mol. The Morgan fingerprint density at radius 2 is 2.36 bits per heavy atom. The summed E-state index contributed by atoms with van der Waals surface area (Å²) in [5.74, 6) is -0.880. The van der Waals surface area contributed by atoms with E-state index in [0.717, 1.165) is 5.69 Å². The lowest BCUT2D eigenvalue weighted by Crippen LogP contribution is -2.05. The minimum atomic E-state index is -0.880. The molecule has 2 aromatic heterocycles. The zero-order valence-corrected chi connectivity index (χ0v) is 7.64. The quantitative estimate of drug-likeness (QED) is 0.757. The molecule has 5 nitrogen and oxygen atoms in total. The Kier molecular flexibility index (Phi) is 1.92. The number of hydrogen-bond donors (Lipinski definition) is 1. The van der Waals surface area contributed by atoms with Gasteiger partial charge in [-0.05, 0) is 19.1 Å². The van der Waals surface area contributed by atoms with Crippen molar-refractivity contribution in [3.8, 4) is 0 Å². The van der Waals surface area contributed by atoms with Gasteiger partial charge in [-0.3, -0.25) is 4.79 Å². The van der Waals surface area contributed by atoms with Gasteiger partial charge in [0.15, 0.2) is 5.65 Å². The van der Waals surface area contributed by atoms with Crippen LogP contribution in [0.4, 0.5) is 0 Å². The average Bonchev–Trinajstić information content (AvgIpc) is 2.47. The molecule has 72 valence electrons. The number of hydrogen-bond acceptors (Lipinski definition) is 3. The zero-order chi connectivity index (χ0) is 10.1. The SMILES string of the molecule is Cc1ccc2ncc(CC(=O)O)n2n1. The number of carboxylic acid groups (broad SMARTS) is 1. The van der Waals surface area contributed by atoms with Gasteiger partial charge in [-0.25, -0.2) is 9.50 Å². The minimum absolute atomic E-state index is 0.0579. The summed E-state index contributed by atoms with van der Waals surface area (Å²) in [5, 5.41) is 12.8. The molecule has 5 heteroatoms. The predicted octanol–water partition coefficient (Wildman–Crippen LogP) is 0.665. The number of nitrogens with zero attached hydrogens (tertiary/aromatic N) is 3. The van der Waals surface area contributed by atoms with Gasteiger partial charge in [0, 0.05) is 0 Å². The molecule has 1 N–H and O–H groups in total. The van der Waals surface area contributed by atoms with Crippen LogP contribution in [0, 0.1) is 6.92 Å². The van der Waals surface area contributed by atoms with Crippen LogP contribution in [0.25, 0.3) is 5.65 Å². The van der Waals surface area contributed by atoms with Crippen molar-refractivity contribution in [3.63, 3.8) is 0 Å². The van der Waals surface area contributed by atoms with E-state index in [9.17, 15) is 4.79 Å². The van der Waals surface area contributed by atoms with Crippen molar-refractivity contribution in [2.75, 3.05) is 0 Å². The van der Waals surface area contributed by atoms with Crippen molar-refractivity contribution in [3.05, 3.63) is 29.7 Å². The lowest BCUT2D eigenvalue weighted by atomic mass is 10.3. The highest BCUT2D eigenvalue weighted by Gasteiger charge is 2.07. The van der Waals surface area contributed by atoms with E-state index in [1.54, 1.807) is 4.52 Å². The molecule has 0 aromatic carbocycles. The second kappa shape index (κ2) is 3.10. The van der Waals surface area contributed by atoms with Gasteiger partial charge in [0.1, 0.15) is 0 Å².